The van der Waals surface area contributed by atoms with Crippen LogP contribution in [0.15, 0.2) is 12.1 Å². The summed E-state index contributed by atoms with van der Waals surface area (Å²) in [4.78, 5) is 0. The van der Waals surface area contributed by atoms with Gasteiger partial charge in [-0.2, -0.15) is 0 Å². The van der Waals surface area contributed by atoms with Gasteiger partial charge in [-0.15, -0.1) is 0 Å². The molecule has 1 saturated carbocycles. The first-order chi connectivity index (χ1) is 10.2. The third kappa shape index (κ3) is 3.62. The number of ether oxygens (including phenoxy) is 3. The molecule has 1 aromatic carbocycles. The van der Waals surface area contributed by atoms with Gasteiger partial charge in [0, 0.05) is 12.6 Å². The van der Waals surface area contributed by atoms with Crippen LogP contribution in [0.4, 0.5) is 0 Å². The molecule has 118 valence electrons. The van der Waals surface area contributed by atoms with Crippen molar-refractivity contribution in [2.24, 2.45) is 5.92 Å². The SMILES string of the molecule is CCC1CCCC1NCc1cc(OC)c(OC)c(OC)c1. The van der Waals surface area contributed by atoms with Crippen molar-refractivity contribution < 1.29 is 14.2 Å². The van der Waals surface area contributed by atoms with Crippen molar-refractivity contribution in [3.05, 3.63) is 17.7 Å². The van der Waals surface area contributed by atoms with E-state index >= 15 is 0 Å². The highest BCUT2D eigenvalue weighted by Gasteiger charge is 2.25. The van der Waals surface area contributed by atoms with Crippen molar-refractivity contribution in [1.29, 1.82) is 0 Å². The van der Waals surface area contributed by atoms with E-state index in [1.807, 2.05) is 12.1 Å². The summed E-state index contributed by atoms with van der Waals surface area (Å²) in [6.07, 6.45) is 5.23. The van der Waals surface area contributed by atoms with E-state index in [2.05, 4.69) is 12.2 Å². The molecule has 0 spiro atoms. The molecule has 2 atom stereocenters. The summed E-state index contributed by atoms with van der Waals surface area (Å²) in [6, 6.07) is 4.67. The normalized spacial score (nSPS) is 21.3. The van der Waals surface area contributed by atoms with E-state index in [4.69, 9.17) is 14.2 Å². The molecule has 0 bridgehead atoms. The van der Waals surface area contributed by atoms with Gasteiger partial charge in [0.15, 0.2) is 11.5 Å². The summed E-state index contributed by atoms with van der Waals surface area (Å²) >= 11 is 0. The molecule has 1 fully saturated rings. The standard InChI is InChI=1S/C17H27NO3/c1-5-13-7-6-8-14(13)18-11-12-9-15(19-2)17(21-4)16(10-12)20-3/h9-10,13-14,18H,5-8,11H2,1-4H3. The zero-order valence-electron chi connectivity index (χ0n) is 13.6. The predicted octanol–water partition coefficient (Wildman–Crippen LogP) is 3.38. The lowest BCUT2D eigenvalue weighted by atomic mass is 10.0. The van der Waals surface area contributed by atoms with Gasteiger partial charge in [0.05, 0.1) is 21.3 Å². The van der Waals surface area contributed by atoms with E-state index in [0.717, 1.165) is 18.0 Å². The summed E-state index contributed by atoms with van der Waals surface area (Å²) in [5, 5.41) is 3.69. The molecule has 4 heteroatoms. The molecule has 0 saturated heterocycles. The highest BCUT2D eigenvalue weighted by atomic mass is 16.5. The Morgan fingerprint density at radius 1 is 1.05 bits per heavy atom. The van der Waals surface area contributed by atoms with Crippen molar-refractivity contribution in [3.63, 3.8) is 0 Å². The Morgan fingerprint density at radius 3 is 2.24 bits per heavy atom. The van der Waals surface area contributed by atoms with E-state index in [-0.39, 0.29) is 0 Å². The summed E-state index contributed by atoms with van der Waals surface area (Å²) in [5.41, 5.74) is 1.16. The first kappa shape index (κ1) is 16.0. The van der Waals surface area contributed by atoms with Gasteiger partial charge in [-0.05, 0) is 36.5 Å². The van der Waals surface area contributed by atoms with E-state index < -0.39 is 0 Å². The highest BCUT2D eigenvalue weighted by molar-refractivity contribution is 5.53. The minimum Gasteiger partial charge on any atom is -0.493 e. The van der Waals surface area contributed by atoms with Crippen LogP contribution in [0.3, 0.4) is 0 Å². The van der Waals surface area contributed by atoms with Crippen LogP contribution >= 0.6 is 0 Å². The van der Waals surface area contributed by atoms with Crippen LogP contribution in [0.5, 0.6) is 17.2 Å². The summed E-state index contributed by atoms with van der Waals surface area (Å²) in [7, 11) is 4.93. The summed E-state index contributed by atoms with van der Waals surface area (Å²) in [6.45, 7) is 3.11. The number of hydrogen-bond donors (Lipinski definition) is 1. The molecular formula is C17H27NO3. The van der Waals surface area contributed by atoms with Gasteiger partial charge in [-0.25, -0.2) is 0 Å². The number of methoxy groups -OCH3 is 3. The monoisotopic (exact) mass is 293 g/mol. The van der Waals surface area contributed by atoms with Crippen LogP contribution in [0.25, 0.3) is 0 Å². The molecule has 0 heterocycles. The maximum Gasteiger partial charge on any atom is 0.203 e. The fourth-order valence-corrected chi connectivity index (χ4v) is 3.28. The van der Waals surface area contributed by atoms with Gasteiger partial charge >= 0.3 is 0 Å². The van der Waals surface area contributed by atoms with E-state index in [1.54, 1.807) is 21.3 Å². The average molecular weight is 293 g/mol. The smallest absolute Gasteiger partial charge is 0.203 e. The van der Waals surface area contributed by atoms with E-state index in [0.29, 0.717) is 23.3 Å². The molecule has 0 aliphatic heterocycles. The minimum atomic E-state index is 0.633. The zero-order chi connectivity index (χ0) is 15.2. The molecule has 4 nitrogen and oxygen atoms in total. The van der Waals surface area contributed by atoms with Crippen LogP contribution in [-0.4, -0.2) is 27.4 Å². The largest absolute Gasteiger partial charge is 0.493 e. The average Bonchev–Trinajstić information content (AvgIpc) is 2.99. The molecule has 2 unspecified atom stereocenters. The van der Waals surface area contributed by atoms with Crippen molar-refractivity contribution >= 4 is 0 Å². The maximum absolute atomic E-state index is 5.40. The van der Waals surface area contributed by atoms with Crippen LogP contribution in [-0.2, 0) is 6.54 Å². The van der Waals surface area contributed by atoms with Gasteiger partial charge in [0.2, 0.25) is 5.75 Å². The van der Waals surface area contributed by atoms with Gasteiger partial charge in [0.1, 0.15) is 0 Å². The Kier molecular flexibility index (Phi) is 5.74. The molecule has 1 aromatic rings. The fourth-order valence-electron chi connectivity index (χ4n) is 3.28. The predicted molar refractivity (Wildman–Crippen MR) is 84.4 cm³/mol. The minimum absolute atomic E-state index is 0.633. The highest BCUT2D eigenvalue weighted by Crippen LogP contribution is 2.38. The lowest BCUT2D eigenvalue weighted by Crippen LogP contribution is -2.31. The third-order valence-electron chi connectivity index (χ3n) is 4.48. The molecular weight excluding hydrogens is 266 g/mol. The summed E-state index contributed by atoms with van der Waals surface area (Å²) in [5.74, 6) is 2.89. The second kappa shape index (κ2) is 7.55. The zero-order valence-corrected chi connectivity index (χ0v) is 13.6. The second-order valence-electron chi connectivity index (χ2n) is 5.62. The Labute approximate surface area is 127 Å². The molecule has 1 aliphatic rings. The number of nitrogens with one attached hydrogen (secondary N) is 1. The molecule has 1 aliphatic carbocycles. The van der Waals surface area contributed by atoms with Crippen molar-refractivity contribution in [1.82, 2.24) is 5.32 Å². The fraction of sp³-hybridized carbons (Fsp3) is 0.647. The molecule has 21 heavy (non-hydrogen) atoms. The van der Waals surface area contributed by atoms with Crippen LogP contribution in [0.1, 0.15) is 38.2 Å². The van der Waals surface area contributed by atoms with Crippen molar-refractivity contribution in [2.75, 3.05) is 21.3 Å². The van der Waals surface area contributed by atoms with Gasteiger partial charge in [0.25, 0.3) is 0 Å². The third-order valence-corrected chi connectivity index (χ3v) is 4.48. The van der Waals surface area contributed by atoms with E-state index in [1.165, 1.54) is 25.7 Å². The van der Waals surface area contributed by atoms with Crippen LogP contribution < -0.4 is 19.5 Å². The van der Waals surface area contributed by atoms with Crippen LogP contribution in [0, 0.1) is 5.92 Å². The van der Waals surface area contributed by atoms with Crippen molar-refractivity contribution in [3.8, 4) is 17.2 Å². The van der Waals surface area contributed by atoms with E-state index in [9.17, 15) is 0 Å². The Bertz CT molecular complexity index is 436. The Morgan fingerprint density at radius 2 is 1.71 bits per heavy atom. The summed E-state index contributed by atoms with van der Waals surface area (Å²) < 4.78 is 16.2. The van der Waals surface area contributed by atoms with Gasteiger partial charge in [-0.3, -0.25) is 0 Å². The second-order valence-corrected chi connectivity index (χ2v) is 5.62. The Balaban J connectivity index is 2.09. The molecule has 0 amide bonds. The van der Waals surface area contributed by atoms with Crippen LogP contribution in [0.2, 0.25) is 0 Å². The molecule has 0 radical (unpaired) electrons. The van der Waals surface area contributed by atoms with Gasteiger partial charge in [-0.1, -0.05) is 19.8 Å². The first-order valence-electron chi connectivity index (χ1n) is 7.75. The Hall–Kier alpha value is -1.42. The quantitative estimate of drug-likeness (QED) is 0.836. The van der Waals surface area contributed by atoms with Crippen molar-refractivity contribution in [2.45, 2.75) is 45.2 Å². The maximum atomic E-state index is 5.40. The van der Waals surface area contributed by atoms with Gasteiger partial charge < -0.3 is 19.5 Å². The molecule has 1 N–H and O–H groups in total. The topological polar surface area (TPSA) is 39.7 Å². The number of rotatable bonds is 7. The molecule has 2 rings (SSSR count). The lowest BCUT2D eigenvalue weighted by molar-refractivity contribution is 0.323. The number of hydrogen-bond acceptors (Lipinski definition) is 4. The molecule has 0 aromatic heterocycles. The first-order valence-corrected chi connectivity index (χ1v) is 7.75. The number of benzene rings is 1. The lowest BCUT2D eigenvalue weighted by Gasteiger charge is -2.20.